The molecule has 0 saturated carbocycles. The third-order valence-electron chi connectivity index (χ3n) is 2.25. The van der Waals surface area contributed by atoms with E-state index >= 15 is 0 Å². The zero-order valence-corrected chi connectivity index (χ0v) is 10.0. The number of H-pyrrole nitrogens is 2. The van der Waals surface area contributed by atoms with Crippen molar-refractivity contribution in [2.45, 2.75) is 0 Å². The van der Waals surface area contributed by atoms with Gasteiger partial charge in [-0.05, 0) is 24.4 Å². The summed E-state index contributed by atoms with van der Waals surface area (Å²) >= 11 is 4.75. The molecule has 1 amide bonds. The number of aromatic amines is 2. The fraction of sp³-hybridized carbons (Fsp3) is 0. The van der Waals surface area contributed by atoms with Gasteiger partial charge in [0.1, 0.15) is 11.5 Å². The number of nitrogen functional groups attached to an aromatic ring is 1. The first-order valence-electron chi connectivity index (χ1n) is 5.06. The summed E-state index contributed by atoms with van der Waals surface area (Å²) in [4.78, 5) is 28.3. The molecule has 0 aliphatic rings. The van der Waals surface area contributed by atoms with Crippen LogP contribution in [0.15, 0.2) is 35.1 Å². The molecule has 5 N–H and O–H groups in total. The van der Waals surface area contributed by atoms with Gasteiger partial charge in [-0.3, -0.25) is 14.6 Å². The summed E-state index contributed by atoms with van der Waals surface area (Å²) in [6.07, 6.45) is 0. The van der Waals surface area contributed by atoms with Gasteiger partial charge in [-0.15, -0.1) is 0 Å². The first kappa shape index (κ1) is 12.1. The van der Waals surface area contributed by atoms with Crippen molar-refractivity contribution in [2.24, 2.45) is 0 Å². The minimum absolute atomic E-state index is 0.0213. The molecular weight excluding hydrogens is 252 g/mol. The molecule has 0 bridgehead atoms. The lowest BCUT2D eigenvalue weighted by Gasteiger charge is -2.06. The second-order valence-corrected chi connectivity index (χ2v) is 3.93. The lowest BCUT2D eigenvalue weighted by atomic mass is 10.2. The standard InChI is InChI=1S/C11H10N4O2S/c12-8-7(10(17)15-11(18)14-8)13-9(16)6-4-2-1-3-5-6/h1-5H,(H,13,16)(H4,12,14,15,17,18). The van der Waals surface area contributed by atoms with E-state index in [1.54, 1.807) is 30.3 Å². The first-order valence-corrected chi connectivity index (χ1v) is 5.47. The number of aromatic nitrogens is 2. The molecule has 0 atom stereocenters. The average Bonchev–Trinajstić information content (AvgIpc) is 2.34. The van der Waals surface area contributed by atoms with Gasteiger partial charge in [-0.25, -0.2) is 0 Å². The van der Waals surface area contributed by atoms with E-state index in [9.17, 15) is 9.59 Å². The highest BCUT2D eigenvalue weighted by molar-refractivity contribution is 7.71. The Morgan fingerprint density at radius 2 is 1.89 bits per heavy atom. The molecule has 1 heterocycles. The van der Waals surface area contributed by atoms with Crippen LogP contribution in [0.25, 0.3) is 0 Å². The Morgan fingerprint density at radius 1 is 1.22 bits per heavy atom. The van der Waals surface area contributed by atoms with Crippen LogP contribution in [0.4, 0.5) is 11.5 Å². The highest BCUT2D eigenvalue weighted by Gasteiger charge is 2.11. The summed E-state index contributed by atoms with van der Waals surface area (Å²) in [5, 5.41) is 2.44. The third-order valence-corrected chi connectivity index (χ3v) is 2.45. The summed E-state index contributed by atoms with van der Waals surface area (Å²) in [7, 11) is 0. The van der Waals surface area contributed by atoms with E-state index in [-0.39, 0.29) is 16.3 Å². The molecular formula is C11H10N4O2S. The van der Waals surface area contributed by atoms with Gasteiger partial charge in [0, 0.05) is 5.56 Å². The van der Waals surface area contributed by atoms with Gasteiger partial charge in [-0.2, -0.15) is 0 Å². The summed E-state index contributed by atoms with van der Waals surface area (Å²) in [6, 6.07) is 8.50. The summed E-state index contributed by atoms with van der Waals surface area (Å²) in [6.45, 7) is 0. The number of amides is 1. The molecule has 2 aromatic rings. The van der Waals surface area contributed by atoms with Gasteiger partial charge < -0.3 is 16.0 Å². The number of rotatable bonds is 2. The molecule has 0 fully saturated rings. The molecule has 2 rings (SSSR count). The van der Waals surface area contributed by atoms with Crippen LogP contribution < -0.4 is 16.6 Å². The van der Waals surface area contributed by atoms with E-state index in [1.807, 2.05) is 0 Å². The Kier molecular flexibility index (Phi) is 3.24. The SMILES string of the molecule is Nc1[nH]c(=S)[nH]c(=O)c1NC(=O)c1ccccc1. The van der Waals surface area contributed by atoms with Crippen LogP contribution >= 0.6 is 12.2 Å². The molecule has 18 heavy (non-hydrogen) atoms. The van der Waals surface area contributed by atoms with E-state index in [2.05, 4.69) is 15.3 Å². The third kappa shape index (κ3) is 2.46. The zero-order valence-electron chi connectivity index (χ0n) is 9.19. The maximum absolute atomic E-state index is 11.8. The van der Waals surface area contributed by atoms with Gasteiger partial charge in [0.15, 0.2) is 4.77 Å². The molecule has 0 spiro atoms. The number of anilines is 2. The summed E-state index contributed by atoms with van der Waals surface area (Å²) in [5.74, 6) is -0.397. The molecule has 0 unspecified atom stereocenters. The largest absolute Gasteiger partial charge is 0.383 e. The molecule has 6 nitrogen and oxygen atoms in total. The highest BCUT2D eigenvalue weighted by atomic mass is 32.1. The van der Waals surface area contributed by atoms with E-state index < -0.39 is 11.5 Å². The highest BCUT2D eigenvalue weighted by Crippen LogP contribution is 2.10. The molecule has 7 heteroatoms. The molecule has 1 aromatic carbocycles. The topological polar surface area (TPSA) is 104 Å². The minimum Gasteiger partial charge on any atom is -0.383 e. The number of nitrogens with two attached hydrogens (primary N) is 1. The number of carbonyl (C=O) groups is 1. The van der Waals surface area contributed by atoms with Crippen LogP contribution in [0, 0.1) is 4.77 Å². The predicted molar refractivity (Wildman–Crippen MR) is 71.1 cm³/mol. The molecule has 92 valence electrons. The number of benzene rings is 1. The van der Waals surface area contributed by atoms with Crippen LogP contribution in [0.2, 0.25) is 0 Å². The number of nitrogens with one attached hydrogen (secondary N) is 3. The van der Waals surface area contributed by atoms with Gasteiger partial charge >= 0.3 is 0 Å². The van der Waals surface area contributed by atoms with E-state index in [0.717, 1.165) is 0 Å². The monoisotopic (exact) mass is 262 g/mol. The number of carbonyl (C=O) groups excluding carboxylic acids is 1. The lowest BCUT2D eigenvalue weighted by molar-refractivity contribution is 0.102. The number of hydrogen-bond donors (Lipinski definition) is 4. The predicted octanol–water partition coefficient (Wildman–Crippen LogP) is 1.27. The van der Waals surface area contributed by atoms with Gasteiger partial charge in [0.25, 0.3) is 11.5 Å². The Labute approximate surface area is 107 Å². The van der Waals surface area contributed by atoms with E-state index in [1.165, 1.54) is 0 Å². The quantitative estimate of drug-likeness (QED) is 0.612. The van der Waals surface area contributed by atoms with E-state index in [0.29, 0.717) is 5.56 Å². The molecule has 0 aliphatic carbocycles. The van der Waals surface area contributed by atoms with Crippen molar-refractivity contribution in [3.05, 3.63) is 51.0 Å². The first-order chi connectivity index (χ1) is 8.58. The Hall–Kier alpha value is -2.41. The molecule has 0 saturated heterocycles. The smallest absolute Gasteiger partial charge is 0.277 e. The maximum Gasteiger partial charge on any atom is 0.277 e. The summed E-state index contributed by atoms with van der Waals surface area (Å²) in [5.41, 5.74) is 5.44. The van der Waals surface area contributed by atoms with Crippen molar-refractivity contribution in [3.63, 3.8) is 0 Å². The van der Waals surface area contributed by atoms with Crippen molar-refractivity contribution in [1.29, 1.82) is 0 Å². The van der Waals surface area contributed by atoms with Crippen LogP contribution in [0.1, 0.15) is 10.4 Å². The Balaban J connectivity index is 2.34. The van der Waals surface area contributed by atoms with Crippen molar-refractivity contribution in [3.8, 4) is 0 Å². The zero-order chi connectivity index (χ0) is 13.1. The second kappa shape index (κ2) is 4.84. The van der Waals surface area contributed by atoms with Crippen molar-refractivity contribution in [1.82, 2.24) is 9.97 Å². The number of hydrogen-bond acceptors (Lipinski definition) is 4. The van der Waals surface area contributed by atoms with Crippen molar-refractivity contribution >= 4 is 29.6 Å². The average molecular weight is 262 g/mol. The maximum atomic E-state index is 11.8. The minimum atomic E-state index is -0.541. The van der Waals surface area contributed by atoms with Crippen LogP contribution in [-0.4, -0.2) is 15.9 Å². The Bertz CT molecular complexity index is 690. The van der Waals surface area contributed by atoms with Crippen LogP contribution in [0.5, 0.6) is 0 Å². The molecule has 0 aliphatic heterocycles. The fourth-order valence-electron chi connectivity index (χ4n) is 1.40. The summed E-state index contributed by atoms with van der Waals surface area (Å²) < 4.78 is 0.107. The fourth-order valence-corrected chi connectivity index (χ4v) is 1.61. The Morgan fingerprint density at radius 3 is 2.50 bits per heavy atom. The normalized spacial score (nSPS) is 10.0. The lowest BCUT2D eigenvalue weighted by Crippen LogP contribution is -2.22. The van der Waals surface area contributed by atoms with Crippen LogP contribution in [0.3, 0.4) is 0 Å². The van der Waals surface area contributed by atoms with Crippen molar-refractivity contribution < 1.29 is 4.79 Å². The van der Waals surface area contributed by atoms with Crippen molar-refractivity contribution in [2.75, 3.05) is 11.1 Å². The van der Waals surface area contributed by atoms with Gasteiger partial charge in [-0.1, -0.05) is 18.2 Å². The van der Waals surface area contributed by atoms with Gasteiger partial charge in [0.2, 0.25) is 0 Å². The van der Waals surface area contributed by atoms with E-state index in [4.69, 9.17) is 18.0 Å². The second-order valence-electron chi connectivity index (χ2n) is 3.52. The van der Waals surface area contributed by atoms with Crippen LogP contribution in [-0.2, 0) is 0 Å². The molecule has 0 radical (unpaired) electrons. The van der Waals surface area contributed by atoms with Gasteiger partial charge in [0.05, 0.1) is 0 Å². The molecule has 1 aromatic heterocycles.